The fourth-order valence-corrected chi connectivity index (χ4v) is 5.68. The molecule has 0 spiro atoms. The van der Waals surface area contributed by atoms with Gasteiger partial charge in [-0.15, -0.1) is 0 Å². The second-order valence-corrected chi connectivity index (χ2v) is 10.2. The Morgan fingerprint density at radius 2 is 1.54 bits per heavy atom. The van der Waals surface area contributed by atoms with E-state index in [1.54, 1.807) is 24.5 Å². The lowest BCUT2D eigenvalue weighted by Gasteiger charge is -2.14. The van der Waals surface area contributed by atoms with Crippen LogP contribution in [-0.4, -0.2) is 40.7 Å². The van der Waals surface area contributed by atoms with Gasteiger partial charge >= 0.3 is 0 Å². The molecule has 0 radical (unpaired) electrons. The molecule has 0 aliphatic carbocycles. The Morgan fingerprint density at radius 3 is 2.37 bits per heavy atom. The van der Waals surface area contributed by atoms with Crippen LogP contribution in [0.1, 0.15) is 24.1 Å². The van der Waals surface area contributed by atoms with Crippen LogP contribution < -0.4 is 4.90 Å². The minimum Gasteiger partial charge on any atom is -0.350 e. The maximum atomic E-state index is 14.3. The molecule has 41 heavy (non-hydrogen) atoms. The molecule has 0 saturated carbocycles. The fraction of sp³-hybridized carbons (Fsp3) is 0.156. The van der Waals surface area contributed by atoms with Crippen molar-refractivity contribution in [2.45, 2.75) is 25.9 Å². The zero-order chi connectivity index (χ0) is 27.9. The maximum absolute atomic E-state index is 14.3. The summed E-state index contributed by atoms with van der Waals surface area (Å²) in [6, 6.07) is 20.7. The summed E-state index contributed by atoms with van der Waals surface area (Å²) in [6.07, 6.45) is 11.0. The van der Waals surface area contributed by atoms with Gasteiger partial charge in [-0.3, -0.25) is 9.59 Å². The van der Waals surface area contributed by atoms with E-state index in [0.29, 0.717) is 40.3 Å². The number of pyridine rings is 1. The number of rotatable bonds is 8. The fourth-order valence-electron chi connectivity index (χ4n) is 5.68. The normalized spacial score (nSPS) is 13.8. The van der Waals surface area contributed by atoms with Crippen molar-refractivity contribution in [3.05, 3.63) is 109 Å². The van der Waals surface area contributed by atoms with Crippen molar-refractivity contribution in [2.75, 3.05) is 4.90 Å². The third kappa shape index (κ3) is 4.13. The molecule has 9 heteroatoms. The average molecular weight is 542 g/mol. The molecule has 1 aliphatic heterocycles. The van der Waals surface area contributed by atoms with Gasteiger partial charge in [-0.05, 0) is 43.2 Å². The smallest absolute Gasteiger partial charge is 0.268 e. The molecule has 202 valence electrons. The predicted molar refractivity (Wildman–Crippen MR) is 158 cm³/mol. The summed E-state index contributed by atoms with van der Waals surface area (Å²) >= 11 is 0. The molecular formula is C32H27N7O2. The highest BCUT2D eigenvalue weighted by Gasteiger charge is 2.43. The van der Waals surface area contributed by atoms with E-state index in [0.717, 1.165) is 35.7 Å². The molecule has 0 saturated heterocycles. The number of hydrogen-bond acceptors (Lipinski definition) is 5. The van der Waals surface area contributed by atoms with Crippen molar-refractivity contribution < 1.29 is 9.59 Å². The minimum atomic E-state index is -0.389. The van der Waals surface area contributed by atoms with Crippen LogP contribution in [0.2, 0.25) is 0 Å². The topological polar surface area (TPSA) is 90.8 Å². The second kappa shape index (κ2) is 10.0. The first-order valence-electron chi connectivity index (χ1n) is 13.6. The lowest BCUT2D eigenvalue weighted by molar-refractivity contribution is -0.119. The second-order valence-electron chi connectivity index (χ2n) is 10.2. The van der Waals surface area contributed by atoms with Crippen LogP contribution in [0.4, 0.5) is 5.69 Å². The Hall–Kier alpha value is -5.31. The van der Waals surface area contributed by atoms with E-state index >= 15 is 0 Å². The van der Waals surface area contributed by atoms with Gasteiger partial charge in [-0.25, -0.2) is 19.5 Å². The van der Waals surface area contributed by atoms with Crippen LogP contribution in [-0.2, 0) is 29.7 Å². The van der Waals surface area contributed by atoms with E-state index in [-0.39, 0.29) is 11.8 Å². The molecule has 0 fully saturated rings. The van der Waals surface area contributed by atoms with Crippen LogP contribution in [0.25, 0.3) is 33.1 Å². The third-order valence-electron chi connectivity index (χ3n) is 7.60. The van der Waals surface area contributed by atoms with Gasteiger partial charge in [0.2, 0.25) is 0 Å². The van der Waals surface area contributed by atoms with Crippen molar-refractivity contribution in [2.24, 2.45) is 7.05 Å². The number of nitrogens with zero attached hydrogens (tertiary/aromatic N) is 7. The molecule has 4 aromatic heterocycles. The number of para-hydroxylation sites is 2. The molecule has 0 atom stereocenters. The summed E-state index contributed by atoms with van der Waals surface area (Å²) < 4.78 is 5.89. The molecule has 7 rings (SSSR count). The Labute approximate surface area is 236 Å². The highest BCUT2D eigenvalue weighted by Crippen LogP contribution is 2.42. The van der Waals surface area contributed by atoms with Gasteiger partial charge in [0.1, 0.15) is 5.69 Å². The lowest BCUT2D eigenvalue weighted by Crippen LogP contribution is -2.31. The van der Waals surface area contributed by atoms with E-state index in [2.05, 4.69) is 9.97 Å². The quantitative estimate of drug-likeness (QED) is 0.198. The lowest BCUT2D eigenvalue weighted by atomic mass is 9.98. The number of hydrogen-bond donors (Lipinski definition) is 0. The summed E-state index contributed by atoms with van der Waals surface area (Å²) in [5.74, 6) is -0.751. The van der Waals surface area contributed by atoms with Gasteiger partial charge in [-0.2, -0.15) is 5.10 Å². The summed E-state index contributed by atoms with van der Waals surface area (Å²) in [4.78, 5) is 38.4. The molecule has 0 N–H and O–H groups in total. The molecular weight excluding hydrogens is 514 g/mol. The average Bonchev–Trinajstić information content (AvgIpc) is 3.77. The van der Waals surface area contributed by atoms with E-state index in [9.17, 15) is 9.59 Å². The first-order chi connectivity index (χ1) is 20.1. The number of carbonyl (C=O) groups is 2. The molecule has 5 heterocycles. The Morgan fingerprint density at radius 1 is 0.780 bits per heavy atom. The first-order valence-corrected chi connectivity index (χ1v) is 13.6. The SMILES string of the molecule is Cn1cc(C2=C(c3nn(CCCCn4ccnc4)c4ncccc34)C(=O)N(c3ccccc3)C2=O)c2ccccc21. The number of amides is 2. The summed E-state index contributed by atoms with van der Waals surface area (Å²) in [7, 11) is 1.94. The number of aromatic nitrogens is 6. The van der Waals surface area contributed by atoms with Crippen molar-refractivity contribution in [3.63, 3.8) is 0 Å². The number of imide groups is 1. The molecule has 6 aromatic rings. The highest BCUT2D eigenvalue weighted by atomic mass is 16.2. The van der Waals surface area contributed by atoms with E-state index in [4.69, 9.17) is 5.10 Å². The minimum absolute atomic E-state index is 0.297. The van der Waals surface area contributed by atoms with Gasteiger partial charge in [-0.1, -0.05) is 36.4 Å². The molecule has 9 nitrogen and oxygen atoms in total. The summed E-state index contributed by atoms with van der Waals surface area (Å²) in [5, 5.41) is 6.60. The van der Waals surface area contributed by atoms with Crippen LogP contribution in [0.3, 0.4) is 0 Å². The van der Waals surface area contributed by atoms with Gasteiger partial charge < -0.3 is 9.13 Å². The van der Waals surface area contributed by atoms with Crippen LogP contribution in [0, 0.1) is 0 Å². The molecule has 2 amide bonds. The largest absolute Gasteiger partial charge is 0.350 e. The Kier molecular flexibility index (Phi) is 6.04. The van der Waals surface area contributed by atoms with E-state index in [1.165, 1.54) is 4.90 Å². The van der Waals surface area contributed by atoms with Gasteiger partial charge in [0.25, 0.3) is 11.8 Å². The van der Waals surface area contributed by atoms with E-state index < -0.39 is 0 Å². The van der Waals surface area contributed by atoms with Crippen LogP contribution in [0.15, 0.2) is 97.8 Å². The third-order valence-corrected chi connectivity index (χ3v) is 7.60. The molecule has 0 unspecified atom stereocenters. The van der Waals surface area contributed by atoms with Crippen molar-refractivity contribution >= 4 is 50.6 Å². The number of unbranched alkanes of at least 4 members (excludes halogenated alkanes) is 1. The van der Waals surface area contributed by atoms with Gasteiger partial charge in [0.05, 0.1) is 23.2 Å². The number of carbonyl (C=O) groups excluding carboxylic acids is 2. The van der Waals surface area contributed by atoms with Crippen LogP contribution in [0.5, 0.6) is 0 Å². The number of aryl methyl sites for hydroxylation is 3. The van der Waals surface area contributed by atoms with Gasteiger partial charge in [0, 0.05) is 66.8 Å². The number of anilines is 1. The van der Waals surface area contributed by atoms with Crippen LogP contribution >= 0.6 is 0 Å². The molecule has 2 aromatic carbocycles. The highest BCUT2D eigenvalue weighted by molar-refractivity contribution is 6.58. The van der Waals surface area contributed by atoms with Crippen molar-refractivity contribution in [3.8, 4) is 0 Å². The van der Waals surface area contributed by atoms with E-state index in [1.807, 2.05) is 94.2 Å². The number of benzene rings is 2. The zero-order valence-electron chi connectivity index (χ0n) is 22.5. The number of fused-ring (bicyclic) bond motifs is 2. The standard InChI is InChI=1S/C32H27N7O2/c1-36-20-25(23-12-5-6-14-26(23)36)27-28(32(41)39(31(27)40)22-10-3-2-4-11-22)29-24-13-9-15-34-30(24)38(35-29)18-8-7-17-37-19-16-33-21-37/h2-6,9-16,19-21H,7-8,17-18H2,1H3. The molecule has 0 bridgehead atoms. The summed E-state index contributed by atoms with van der Waals surface area (Å²) in [6.45, 7) is 1.48. The van der Waals surface area contributed by atoms with Gasteiger partial charge in [0.15, 0.2) is 5.65 Å². The summed E-state index contributed by atoms with van der Waals surface area (Å²) in [5.41, 5.74) is 4.02. The Bertz CT molecular complexity index is 1950. The zero-order valence-corrected chi connectivity index (χ0v) is 22.5. The Balaban J connectivity index is 1.37. The first kappa shape index (κ1) is 24.7. The monoisotopic (exact) mass is 541 g/mol. The van der Waals surface area contributed by atoms with Crippen molar-refractivity contribution in [1.29, 1.82) is 0 Å². The maximum Gasteiger partial charge on any atom is 0.268 e. The number of imidazole rings is 1. The van der Waals surface area contributed by atoms with Crippen molar-refractivity contribution in [1.82, 2.24) is 28.9 Å². The predicted octanol–water partition coefficient (Wildman–Crippen LogP) is 5.08. The molecule has 1 aliphatic rings.